The fourth-order valence-electron chi connectivity index (χ4n) is 3.18. The van der Waals surface area contributed by atoms with Crippen molar-refractivity contribution in [2.24, 2.45) is 0 Å². The molecule has 4 rings (SSSR count). The summed E-state index contributed by atoms with van der Waals surface area (Å²) < 4.78 is 1.62. The smallest absolute Gasteiger partial charge is 0.287 e. The van der Waals surface area contributed by atoms with Crippen LogP contribution in [0.2, 0.25) is 0 Å². The second kappa shape index (κ2) is 8.16. The third-order valence-electron chi connectivity index (χ3n) is 4.81. The van der Waals surface area contributed by atoms with Crippen LogP contribution in [0.3, 0.4) is 0 Å². The van der Waals surface area contributed by atoms with Crippen LogP contribution in [0.4, 0.5) is 5.69 Å². The Hall–Kier alpha value is -4.00. The number of hydrogen-bond donors (Lipinski definition) is 2. The number of carbonyl (C=O) groups excluding carboxylic acids is 2. The largest absolute Gasteiger partial charge is 0.345 e. The van der Waals surface area contributed by atoms with Gasteiger partial charge in [-0.1, -0.05) is 18.2 Å². The second-order valence-corrected chi connectivity index (χ2v) is 7.05. The molecule has 0 atom stereocenters. The van der Waals surface area contributed by atoms with Gasteiger partial charge < -0.3 is 10.6 Å². The van der Waals surface area contributed by atoms with Gasteiger partial charge in [0.1, 0.15) is 0 Å². The van der Waals surface area contributed by atoms with Crippen LogP contribution in [0.5, 0.6) is 0 Å². The molecule has 0 radical (unpaired) electrons. The molecule has 0 bridgehead atoms. The maximum absolute atomic E-state index is 13.0. The summed E-state index contributed by atoms with van der Waals surface area (Å²) in [7, 11) is 0. The van der Waals surface area contributed by atoms with Gasteiger partial charge in [-0.25, -0.2) is 4.98 Å². The van der Waals surface area contributed by atoms with Crippen LogP contribution in [0.15, 0.2) is 67.1 Å². The molecule has 1 aromatic carbocycles. The summed E-state index contributed by atoms with van der Waals surface area (Å²) in [5.41, 5.74) is 4.40. The first-order chi connectivity index (χ1) is 14.5. The molecule has 7 heteroatoms. The Kier molecular flexibility index (Phi) is 5.26. The van der Waals surface area contributed by atoms with Gasteiger partial charge >= 0.3 is 0 Å². The first-order valence-corrected chi connectivity index (χ1v) is 9.56. The zero-order chi connectivity index (χ0) is 21.1. The van der Waals surface area contributed by atoms with Gasteiger partial charge in [-0.2, -0.15) is 0 Å². The molecule has 0 fully saturated rings. The Balaban J connectivity index is 1.62. The number of imidazole rings is 1. The summed E-state index contributed by atoms with van der Waals surface area (Å²) >= 11 is 0. The second-order valence-electron chi connectivity index (χ2n) is 7.05. The number of rotatable bonds is 5. The summed E-state index contributed by atoms with van der Waals surface area (Å²) in [4.78, 5) is 34.1. The SMILES string of the molecule is Cc1ccc(C)c(NC(=O)c2nc(C(=O)NCc3ccncc3)n3ccccc23)c1. The molecule has 0 aliphatic carbocycles. The molecule has 7 nitrogen and oxygen atoms in total. The Morgan fingerprint density at radius 2 is 1.80 bits per heavy atom. The van der Waals surface area contributed by atoms with E-state index in [1.807, 2.05) is 50.2 Å². The number of anilines is 1. The van der Waals surface area contributed by atoms with Crippen molar-refractivity contribution in [3.05, 3.63) is 95.3 Å². The molecular formula is C23H21N5O2. The van der Waals surface area contributed by atoms with Gasteiger partial charge in [-0.05, 0) is 60.9 Å². The number of amides is 2. The third kappa shape index (κ3) is 3.91. The Morgan fingerprint density at radius 1 is 1.00 bits per heavy atom. The summed E-state index contributed by atoms with van der Waals surface area (Å²) in [5.74, 6) is -0.565. The molecule has 150 valence electrons. The Morgan fingerprint density at radius 3 is 2.60 bits per heavy atom. The van der Waals surface area contributed by atoms with E-state index in [9.17, 15) is 9.59 Å². The average Bonchev–Trinajstić information content (AvgIpc) is 3.15. The fourth-order valence-corrected chi connectivity index (χ4v) is 3.18. The van der Waals surface area contributed by atoms with E-state index in [1.165, 1.54) is 0 Å². The molecule has 0 aliphatic heterocycles. The highest BCUT2D eigenvalue weighted by atomic mass is 16.2. The molecule has 0 aliphatic rings. The third-order valence-corrected chi connectivity index (χ3v) is 4.81. The molecule has 0 saturated carbocycles. The highest BCUT2D eigenvalue weighted by Gasteiger charge is 2.21. The molecule has 0 spiro atoms. The van der Waals surface area contributed by atoms with E-state index in [1.54, 1.807) is 35.1 Å². The summed E-state index contributed by atoms with van der Waals surface area (Å²) in [5, 5.41) is 5.76. The summed E-state index contributed by atoms with van der Waals surface area (Å²) in [6.45, 7) is 4.23. The van der Waals surface area contributed by atoms with E-state index in [2.05, 4.69) is 20.6 Å². The van der Waals surface area contributed by atoms with E-state index < -0.39 is 0 Å². The number of nitrogens with one attached hydrogen (secondary N) is 2. The zero-order valence-electron chi connectivity index (χ0n) is 16.7. The van der Waals surface area contributed by atoms with Crippen molar-refractivity contribution in [1.29, 1.82) is 0 Å². The van der Waals surface area contributed by atoms with E-state index in [-0.39, 0.29) is 23.3 Å². The number of hydrogen-bond acceptors (Lipinski definition) is 4. The highest BCUT2D eigenvalue weighted by Crippen LogP contribution is 2.19. The van der Waals surface area contributed by atoms with Crippen LogP contribution < -0.4 is 10.6 Å². The van der Waals surface area contributed by atoms with E-state index >= 15 is 0 Å². The lowest BCUT2D eigenvalue weighted by Crippen LogP contribution is -2.25. The Labute approximate surface area is 173 Å². The maximum atomic E-state index is 13.0. The van der Waals surface area contributed by atoms with E-state index in [0.717, 1.165) is 22.4 Å². The molecule has 4 aromatic rings. The zero-order valence-corrected chi connectivity index (χ0v) is 16.7. The molecule has 2 N–H and O–H groups in total. The summed E-state index contributed by atoms with van der Waals surface area (Å²) in [6, 6.07) is 14.9. The van der Waals surface area contributed by atoms with Gasteiger partial charge in [-0.3, -0.25) is 19.0 Å². The van der Waals surface area contributed by atoms with E-state index in [0.29, 0.717) is 12.1 Å². The fraction of sp³-hybridized carbons (Fsp3) is 0.130. The van der Waals surface area contributed by atoms with Gasteiger partial charge in [0.25, 0.3) is 11.8 Å². The van der Waals surface area contributed by atoms with Gasteiger partial charge in [0.2, 0.25) is 5.82 Å². The number of pyridine rings is 2. The minimum Gasteiger partial charge on any atom is -0.345 e. The van der Waals surface area contributed by atoms with Crippen molar-refractivity contribution >= 4 is 23.0 Å². The van der Waals surface area contributed by atoms with Crippen molar-refractivity contribution in [2.45, 2.75) is 20.4 Å². The van der Waals surface area contributed by atoms with Crippen molar-refractivity contribution < 1.29 is 9.59 Å². The molecule has 3 heterocycles. The lowest BCUT2D eigenvalue weighted by Gasteiger charge is -2.08. The van der Waals surface area contributed by atoms with Crippen LogP contribution in [0, 0.1) is 13.8 Å². The topological polar surface area (TPSA) is 88.4 Å². The predicted octanol–water partition coefficient (Wildman–Crippen LogP) is 3.53. The molecular weight excluding hydrogens is 378 g/mol. The van der Waals surface area contributed by atoms with Crippen LogP contribution >= 0.6 is 0 Å². The maximum Gasteiger partial charge on any atom is 0.287 e. The van der Waals surface area contributed by atoms with Crippen LogP contribution in [0.1, 0.15) is 37.8 Å². The molecule has 0 saturated heterocycles. The minimum absolute atomic E-state index is 0.158. The molecule has 30 heavy (non-hydrogen) atoms. The predicted molar refractivity (Wildman–Crippen MR) is 114 cm³/mol. The van der Waals surface area contributed by atoms with E-state index in [4.69, 9.17) is 0 Å². The number of aromatic nitrogens is 3. The van der Waals surface area contributed by atoms with Crippen molar-refractivity contribution in [2.75, 3.05) is 5.32 Å². The van der Waals surface area contributed by atoms with Gasteiger partial charge in [-0.15, -0.1) is 0 Å². The van der Waals surface area contributed by atoms with Crippen molar-refractivity contribution in [1.82, 2.24) is 19.7 Å². The standard InChI is InChI=1S/C23H21N5O2/c1-15-6-7-16(2)18(13-15)26-22(29)20-19-5-3-4-12-28(19)21(27-20)23(30)25-14-17-8-10-24-11-9-17/h3-13H,14H2,1-2H3,(H,25,30)(H,26,29). The lowest BCUT2D eigenvalue weighted by molar-refractivity contribution is 0.0940. The lowest BCUT2D eigenvalue weighted by atomic mass is 10.1. The normalized spacial score (nSPS) is 10.7. The van der Waals surface area contributed by atoms with Crippen LogP contribution in [-0.4, -0.2) is 26.2 Å². The molecule has 0 unspecified atom stereocenters. The highest BCUT2D eigenvalue weighted by molar-refractivity contribution is 6.09. The molecule has 3 aromatic heterocycles. The average molecular weight is 399 g/mol. The first-order valence-electron chi connectivity index (χ1n) is 9.56. The minimum atomic E-state index is -0.362. The first kappa shape index (κ1) is 19.3. The van der Waals surface area contributed by atoms with Crippen LogP contribution in [0.25, 0.3) is 5.52 Å². The van der Waals surface area contributed by atoms with Gasteiger partial charge in [0, 0.05) is 30.8 Å². The quantitative estimate of drug-likeness (QED) is 0.537. The van der Waals surface area contributed by atoms with Crippen molar-refractivity contribution in [3.8, 4) is 0 Å². The summed E-state index contributed by atoms with van der Waals surface area (Å²) in [6.07, 6.45) is 5.06. The number of benzene rings is 1. The van der Waals surface area contributed by atoms with Gasteiger partial charge in [0.05, 0.1) is 5.52 Å². The number of aryl methyl sites for hydroxylation is 2. The molecule has 2 amide bonds. The number of fused-ring (bicyclic) bond motifs is 1. The number of nitrogens with zero attached hydrogens (tertiary/aromatic N) is 3. The van der Waals surface area contributed by atoms with Gasteiger partial charge in [0.15, 0.2) is 5.69 Å². The Bertz CT molecular complexity index is 1230. The van der Waals surface area contributed by atoms with Crippen molar-refractivity contribution in [3.63, 3.8) is 0 Å². The van der Waals surface area contributed by atoms with Crippen LogP contribution in [-0.2, 0) is 6.54 Å². The monoisotopic (exact) mass is 399 g/mol. The number of carbonyl (C=O) groups is 2.